The fraction of sp³-hybridized carbons (Fsp3) is 0.917. The van der Waals surface area contributed by atoms with Crippen LogP contribution in [0.15, 0.2) is 0 Å². The Labute approximate surface area is 96.6 Å². The Balaban J connectivity index is 1.87. The Hall–Kier alpha value is -0.610. The van der Waals surface area contributed by atoms with Gasteiger partial charge in [0.2, 0.25) is 0 Å². The van der Waals surface area contributed by atoms with Crippen LogP contribution in [0.25, 0.3) is 0 Å². The van der Waals surface area contributed by atoms with E-state index in [0.717, 1.165) is 12.8 Å². The van der Waals surface area contributed by atoms with Gasteiger partial charge in [0.1, 0.15) is 6.10 Å². The van der Waals surface area contributed by atoms with Gasteiger partial charge in [0.05, 0.1) is 11.7 Å². The molecule has 2 rings (SSSR count). The second kappa shape index (κ2) is 4.34. The summed E-state index contributed by atoms with van der Waals surface area (Å²) in [6.07, 6.45) is 3.12. The van der Waals surface area contributed by atoms with E-state index in [0.29, 0.717) is 25.9 Å². The van der Waals surface area contributed by atoms with Crippen molar-refractivity contribution in [3.8, 4) is 0 Å². The molecule has 0 aromatic heterocycles. The maximum absolute atomic E-state index is 12.1. The van der Waals surface area contributed by atoms with Gasteiger partial charge in [-0.3, -0.25) is 4.79 Å². The fourth-order valence-corrected chi connectivity index (χ4v) is 2.40. The molecule has 2 atom stereocenters. The van der Waals surface area contributed by atoms with E-state index in [2.05, 4.69) is 0 Å². The Morgan fingerprint density at radius 1 is 1.38 bits per heavy atom. The zero-order chi connectivity index (χ0) is 11.8. The molecule has 0 radical (unpaired) electrons. The summed E-state index contributed by atoms with van der Waals surface area (Å²) in [5, 5.41) is 9.81. The average molecular weight is 227 g/mol. The number of hydrogen-bond acceptors (Lipinski definition) is 3. The lowest BCUT2D eigenvalue weighted by Crippen LogP contribution is -2.48. The van der Waals surface area contributed by atoms with Crippen LogP contribution in [0.2, 0.25) is 0 Å². The van der Waals surface area contributed by atoms with E-state index >= 15 is 0 Å². The van der Waals surface area contributed by atoms with E-state index in [1.807, 2.05) is 18.7 Å². The minimum atomic E-state index is -0.597. The van der Waals surface area contributed by atoms with Crippen LogP contribution < -0.4 is 0 Å². The van der Waals surface area contributed by atoms with Gasteiger partial charge in [0, 0.05) is 13.1 Å². The maximum atomic E-state index is 12.1. The number of carbonyl (C=O) groups excluding carboxylic acids is 1. The Bertz CT molecular complexity index is 267. The van der Waals surface area contributed by atoms with Gasteiger partial charge in [-0.15, -0.1) is 0 Å². The molecule has 2 aliphatic rings. The molecule has 1 N–H and O–H groups in total. The lowest BCUT2D eigenvalue weighted by atomic mass is 9.93. The van der Waals surface area contributed by atoms with Crippen LogP contribution in [0.4, 0.5) is 0 Å². The molecule has 2 fully saturated rings. The Morgan fingerprint density at radius 3 is 2.50 bits per heavy atom. The van der Waals surface area contributed by atoms with Crippen LogP contribution >= 0.6 is 0 Å². The van der Waals surface area contributed by atoms with Crippen LogP contribution in [0, 0.1) is 0 Å². The number of carbonyl (C=O) groups is 1. The molecule has 0 bridgehead atoms. The van der Waals surface area contributed by atoms with Gasteiger partial charge in [0.15, 0.2) is 0 Å². The first-order valence-electron chi connectivity index (χ1n) is 6.14. The van der Waals surface area contributed by atoms with E-state index in [1.54, 1.807) is 0 Å². The molecule has 0 spiro atoms. The summed E-state index contributed by atoms with van der Waals surface area (Å²) >= 11 is 0. The summed E-state index contributed by atoms with van der Waals surface area (Å²) in [5.41, 5.74) is -0.597. The highest BCUT2D eigenvalue weighted by atomic mass is 16.5. The summed E-state index contributed by atoms with van der Waals surface area (Å²) < 4.78 is 5.57. The summed E-state index contributed by atoms with van der Waals surface area (Å²) in [4.78, 5) is 13.9. The summed E-state index contributed by atoms with van der Waals surface area (Å²) in [7, 11) is 0. The topological polar surface area (TPSA) is 49.8 Å². The van der Waals surface area contributed by atoms with Crippen LogP contribution in [-0.4, -0.2) is 46.8 Å². The standard InChI is InChI=1S/C12H21NO3/c1-9-3-4-10(16-9)11(14)13-7-5-12(2,15)6-8-13/h9-10,15H,3-8H2,1-2H3. The van der Waals surface area contributed by atoms with Crippen molar-refractivity contribution in [3.05, 3.63) is 0 Å². The number of rotatable bonds is 1. The lowest BCUT2D eigenvalue weighted by molar-refractivity contribution is -0.146. The third-order valence-electron chi connectivity index (χ3n) is 3.66. The molecule has 0 saturated carbocycles. The molecule has 2 saturated heterocycles. The lowest BCUT2D eigenvalue weighted by Gasteiger charge is -2.36. The third kappa shape index (κ3) is 2.55. The Morgan fingerprint density at radius 2 is 2.00 bits per heavy atom. The summed E-state index contributed by atoms with van der Waals surface area (Å²) in [5.74, 6) is 0.111. The van der Waals surface area contributed by atoms with E-state index in [4.69, 9.17) is 4.74 Å². The van der Waals surface area contributed by atoms with Crippen LogP contribution in [0.5, 0.6) is 0 Å². The largest absolute Gasteiger partial charge is 0.390 e. The SMILES string of the molecule is CC1CCC(C(=O)N2CCC(C)(O)CC2)O1. The van der Waals surface area contributed by atoms with Gasteiger partial charge in [-0.2, -0.15) is 0 Å². The molecule has 0 aromatic rings. The fourth-order valence-electron chi connectivity index (χ4n) is 2.40. The molecule has 1 amide bonds. The van der Waals surface area contributed by atoms with Gasteiger partial charge < -0.3 is 14.7 Å². The van der Waals surface area contributed by atoms with Crippen LogP contribution in [0.3, 0.4) is 0 Å². The molecule has 16 heavy (non-hydrogen) atoms. The first-order chi connectivity index (χ1) is 7.48. The van der Waals surface area contributed by atoms with Crippen molar-refractivity contribution in [3.63, 3.8) is 0 Å². The first kappa shape index (κ1) is 11.9. The highest BCUT2D eigenvalue weighted by Gasteiger charge is 2.35. The summed E-state index contributed by atoms with van der Waals surface area (Å²) in [6.45, 7) is 5.15. The number of amides is 1. The van der Waals surface area contributed by atoms with Crippen molar-refractivity contribution in [2.75, 3.05) is 13.1 Å². The van der Waals surface area contributed by atoms with Crippen LogP contribution in [0.1, 0.15) is 39.5 Å². The molecule has 4 heteroatoms. The number of aliphatic hydroxyl groups is 1. The van der Waals surface area contributed by atoms with E-state index in [1.165, 1.54) is 0 Å². The predicted octanol–water partition coefficient (Wildman–Crippen LogP) is 0.927. The third-order valence-corrected chi connectivity index (χ3v) is 3.66. The normalized spacial score (nSPS) is 34.1. The van der Waals surface area contributed by atoms with E-state index in [-0.39, 0.29) is 18.1 Å². The number of nitrogens with zero attached hydrogens (tertiary/aromatic N) is 1. The maximum Gasteiger partial charge on any atom is 0.251 e. The molecule has 92 valence electrons. The second-order valence-electron chi connectivity index (χ2n) is 5.33. The monoisotopic (exact) mass is 227 g/mol. The molecular weight excluding hydrogens is 206 g/mol. The second-order valence-corrected chi connectivity index (χ2v) is 5.33. The van der Waals surface area contributed by atoms with Crippen molar-refractivity contribution in [1.82, 2.24) is 4.90 Å². The van der Waals surface area contributed by atoms with Crippen molar-refractivity contribution in [2.45, 2.75) is 57.3 Å². The van der Waals surface area contributed by atoms with Gasteiger partial charge >= 0.3 is 0 Å². The van der Waals surface area contributed by atoms with Gasteiger partial charge in [-0.25, -0.2) is 0 Å². The average Bonchev–Trinajstić information content (AvgIpc) is 2.64. The molecule has 4 nitrogen and oxygen atoms in total. The molecule has 2 unspecified atom stereocenters. The van der Waals surface area contributed by atoms with Crippen molar-refractivity contribution < 1.29 is 14.6 Å². The zero-order valence-corrected chi connectivity index (χ0v) is 10.1. The molecule has 0 aromatic carbocycles. The van der Waals surface area contributed by atoms with Gasteiger partial charge in [-0.05, 0) is 39.5 Å². The van der Waals surface area contributed by atoms with Gasteiger partial charge in [0.25, 0.3) is 5.91 Å². The minimum absolute atomic E-state index is 0.111. The minimum Gasteiger partial charge on any atom is -0.390 e. The van der Waals surface area contributed by atoms with E-state index in [9.17, 15) is 9.90 Å². The molecule has 0 aliphatic carbocycles. The highest BCUT2D eigenvalue weighted by Crippen LogP contribution is 2.25. The Kier molecular flexibility index (Phi) is 3.22. The molecule has 2 aliphatic heterocycles. The zero-order valence-electron chi connectivity index (χ0n) is 10.1. The van der Waals surface area contributed by atoms with Crippen LogP contribution in [-0.2, 0) is 9.53 Å². The highest BCUT2D eigenvalue weighted by molar-refractivity contribution is 5.81. The van der Waals surface area contributed by atoms with E-state index < -0.39 is 5.60 Å². The molecular formula is C12H21NO3. The quantitative estimate of drug-likeness (QED) is 0.725. The smallest absolute Gasteiger partial charge is 0.251 e. The predicted molar refractivity (Wildman–Crippen MR) is 60.0 cm³/mol. The number of piperidine rings is 1. The van der Waals surface area contributed by atoms with Crippen molar-refractivity contribution in [1.29, 1.82) is 0 Å². The van der Waals surface area contributed by atoms with Gasteiger partial charge in [-0.1, -0.05) is 0 Å². The number of hydrogen-bond donors (Lipinski definition) is 1. The number of likely N-dealkylation sites (tertiary alicyclic amines) is 1. The summed E-state index contributed by atoms with van der Waals surface area (Å²) in [6, 6.07) is 0. The first-order valence-corrected chi connectivity index (χ1v) is 6.14. The number of ether oxygens (including phenoxy) is 1. The van der Waals surface area contributed by atoms with Crippen molar-refractivity contribution in [2.24, 2.45) is 0 Å². The van der Waals surface area contributed by atoms with Crippen molar-refractivity contribution >= 4 is 5.91 Å². The molecule has 2 heterocycles.